The standard InChI is InChI=1S/C16H20FN5O4/c1-16(24,8-23)7-18-14-13(21-26-22-14)15(20-25)19-12-5-3-9-2-4-10(17)6-11(9)12/h2,4,6,12,23-25H,3,5,7-8H2,1H3,(H,18,22)(H,19,20). The lowest BCUT2D eigenvalue weighted by Gasteiger charge is -2.20. The Morgan fingerprint density at radius 2 is 2.27 bits per heavy atom. The fourth-order valence-corrected chi connectivity index (χ4v) is 2.77. The van der Waals surface area contributed by atoms with E-state index in [2.05, 4.69) is 25.3 Å². The summed E-state index contributed by atoms with van der Waals surface area (Å²) < 4.78 is 18.2. The van der Waals surface area contributed by atoms with Crippen LogP contribution in [0.25, 0.3) is 0 Å². The molecule has 0 radical (unpaired) electrons. The highest BCUT2D eigenvalue weighted by atomic mass is 19.1. The van der Waals surface area contributed by atoms with E-state index in [-0.39, 0.29) is 35.8 Å². The van der Waals surface area contributed by atoms with E-state index in [0.29, 0.717) is 6.42 Å². The van der Waals surface area contributed by atoms with Crippen LogP contribution in [0, 0.1) is 5.82 Å². The Bertz CT molecular complexity index is 808. The van der Waals surface area contributed by atoms with Crippen LogP contribution in [-0.4, -0.2) is 50.3 Å². The van der Waals surface area contributed by atoms with Gasteiger partial charge in [-0.1, -0.05) is 6.07 Å². The predicted molar refractivity (Wildman–Crippen MR) is 89.4 cm³/mol. The molecular formula is C16H20FN5O4. The van der Waals surface area contributed by atoms with Crippen molar-refractivity contribution in [1.29, 1.82) is 0 Å². The van der Waals surface area contributed by atoms with Gasteiger partial charge in [-0.2, -0.15) is 0 Å². The predicted octanol–water partition coefficient (Wildman–Crippen LogP) is 0.777. The molecule has 2 unspecified atom stereocenters. The molecule has 1 aromatic carbocycles. The molecule has 2 atom stereocenters. The van der Waals surface area contributed by atoms with E-state index in [9.17, 15) is 14.7 Å². The molecule has 1 aromatic heterocycles. The molecule has 9 nitrogen and oxygen atoms in total. The van der Waals surface area contributed by atoms with Crippen LogP contribution in [0.2, 0.25) is 0 Å². The van der Waals surface area contributed by atoms with Crippen molar-refractivity contribution < 1.29 is 24.4 Å². The van der Waals surface area contributed by atoms with Gasteiger partial charge in [-0.15, -0.1) is 0 Å². The molecule has 3 rings (SSSR count). The van der Waals surface area contributed by atoms with Gasteiger partial charge < -0.3 is 15.5 Å². The second kappa shape index (κ2) is 7.36. The van der Waals surface area contributed by atoms with Gasteiger partial charge in [0.2, 0.25) is 5.82 Å². The van der Waals surface area contributed by atoms with Crippen molar-refractivity contribution in [3.8, 4) is 0 Å². The third-order valence-corrected chi connectivity index (χ3v) is 4.23. The number of anilines is 1. The molecule has 1 heterocycles. The zero-order chi connectivity index (χ0) is 18.7. The fourth-order valence-electron chi connectivity index (χ4n) is 2.77. The Morgan fingerprint density at radius 1 is 1.46 bits per heavy atom. The van der Waals surface area contributed by atoms with Crippen LogP contribution in [0.1, 0.15) is 36.2 Å². The van der Waals surface area contributed by atoms with Crippen LogP contribution < -0.4 is 10.8 Å². The van der Waals surface area contributed by atoms with Crippen molar-refractivity contribution in [2.24, 2.45) is 4.99 Å². The van der Waals surface area contributed by atoms with Crippen LogP contribution in [0.4, 0.5) is 10.2 Å². The largest absolute Gasteiger partial charge is 0.393 e. The Hall–Kier alpha value is -2.56. The molecule has 140 valence electrons. The Kier molecular flexibility index (Phi) is 5.16. The average molecular weight is 365 g/mol. The summed E-state index contributed by atoms with van der Waals surface area (Å²) in [5.74, 6) is -0.211. The zero-order valence-corrected chi connectivity index (χ0v) is 14.1. The minimum atomic E-state index is -1.37. The highest BCUT2D eigenvalue weighted by Crippen LogP contribution is 2.35. The Labute approximate surface area is 148 Å². The quantitative estimate of drug-likeness (QED) is 0.288. The lowest BCUT2D eigenvalue weighted by Crippen LogP contribution is -2.37. The number of fused-ring (bicyclic) bond motifs is 1. The topological polar surface area (TPSA) is 136 Å². The van der Waals surface area contributed by atoms with Crippen molar-refractivity contribution in [3.05, 3.63) is 40.8 Å². The first kappa shape index (κ1) is 18.2. The van der Waals surface area contributed by atoms with Gasteiger partial charge in [0.1, 0.15) is 11.4 Å². The molecule has 0 saturated heterocycles. The minimum Gasteiger partial charge on any atom is -0.393 e. The molecule has 0 saturated carbocycles. The zero-order valence-electron chi connectivity index (χ0n) is 14.1. The minimum absolute atomic E-state index is 0.000461. The van der Waals surface area contributed by atoms with Crippen molar-refractivity contribution in [2.45, 2.75) is 31.4 Å². The van der Waals surface area contributed by atoms with E-state index < -0.39 is 12.2 Å². The molecule has 1 aliphatic rings. The highest BCUT2D eigenvalue weighted by Gasteiger charge is 2.26. The Morgan fingerprint density at radius 3 is 3.00 bits per heavy atom. The van der Waals surface area contributed by atoms with E-state index >= 15 is 0 Å². The summed E-state index contributed by atoms with van der Waals surface area (Å²) in [7, 11) is 0. The second-order valence-electron chi connectivity index (χ2n) is 6.46. The van der Waals surface area contributed by atoms with Gasteiger partial charge in [0.05, 0.1) is 12.6 Å². The van der Waals surface area contributed by atoms with E-state index in [1.165, 1.54) is 19.1 Å². The van der Waals surface area contributed by atoms with Crippen LogP contribution in [0.15, 0.2) is 27.8 Å². The van der Waals surface area contributed by atoms with Crippen LogP contribution in [-0.2, 0) is 6.42 Å². The van der Waals surface area contributed by atoms with E-state index in [1.54, 1.807) is 6.07 Å². The monoisotopic (exact) mass is 365 g/mol. The molecule has 26 heavy (non-hydrogen) atoms. The number of halogens is 1. The molecule has 0 amide bonds. The van der Waals surface area contributed by atoms with E-state index in [4.69, 9.17) is 5.11 Å². The van der Waals surface area contributed by atoms with Crippen LogP contribution in [0.5, 0.6) is 0 Å². The molecule has 5 N–H and O–H groups in total. The number of nitrogens with zero attached hydrogens (tertiary/aromatic N) is 3. The average Bonchev–Trinajstić information content (AvgIpc) is 3.24. The summed E-state index contributed by atoms with van der Waals surface area (Å²) in [6.07, 6.45) is 1.42. The molecule has 0 bridgehead atoms. The number of benzene rings is 1. The fraction of sp³-hybridized carbons (Fsp3) is 0.438. The molecule has 0 fully saturated rings. The molecule has 0 aliphatic heterocycles. The number of aliphatic hydroxyl groups is 2. The van der Waals surface area contributed by atoms with Gasteiger partial charge in [-0.25, -0.2) is 9.02 Å². The van der Waals surface area contributed by atoms with Gasteiger partial charge in [0, 0.05) is 6.54 Å². The maximum absolute atomic E-state index is 13.5. The van der Waals surface area contributed by atoms with Gasteiger partial charge in [-0.05, 0) is 53.3 Å². The summed E-state index contributed by atoms with van der Waals surface area (Å²) in [6, 6.07) is 4.23. The number of aliphatic hydroxyl groups excluding tert-OH is 1. The number of aliphatic imine (C=N–C) groups is 1. The summed E-state index contributed by atoms with van der Waals surface area (Å²) in [5, 5.41) is 38.6. The van der Waals surface area contributed by atoms with Gasteiger partial charge in [0.25, 0.3) is 0 Å². The lowest BCUT2D eigenvalue weighted by atomic mass is 10.1. The third kappa shape index (κ3) is 3.82. The van der Waals surface area contributed by atoms with Gasteiger partial charge in [0.15, 0.2) is 11.5 Å². The number of rotatable bonds is 6. The van der Waals surface area contributed by atoms with Crippen molar-refractivity contribution >= 4 is 11.7 Å². The normalized spacial score (nSPS) is 19.1. The molecule has 10 heteroatoms. The van der Waals surface area contributed by atoms with Gasteiger partial charge >= 0.3 is 0 Å². The first-order valence-corrected chi connectivity index (χ1v) is 8.10. The summed E-state index contributed by atoms with van der Waals surface area (Å²) in [5.41, 5.74) is 2.46. The molecule has 0 spiro atoms. The number of aromatic nitrogens is 2. The van der Waals surface area contributed by atoms with E-state index in [1.807, 2.05) is 5.48 Å². The highest BCUT2D eigenvalue weighted by molar-refractivity contribution is 6.00. The number of aryl methyl sites for hydroxylation is 1. The number of nitrogens with one attached hydrogen (secondary N) is 2. The number of hydrogen-bond donors (Lipinski definition) is 5. The molecular weight excluding hydrogens is 345 g/mol. The smallest absolute Gasteiger partial charge is 0.202 e. The third-order valence-electron chi connectivity index (χ3n) is 4.23. The summed E-state index contributed by atoms with van der Waals surface area (Å²) >= 11 is 0. The van der Waals surface area contributed by atoms with Crippen molar-refractivity contribution in [2.75, 3.05) is 18.5 Å². The SMILES string of the molecule is CC(O)(CO)CNc1nonc1C(=NC1CCc2ccc(F)cc21)NO. The molecule has 2 aromatic rings. The number of hydrogen-bond acceptors (Lipinski definition) is 8. The Balaban J connectivity index is 1.84. The van der Waals surface area contributed by atoms with Gasteiger partial charge in [-0.3, -0.25) is 15.7 Å². The van der Waals surface area contributed by atoms with Crippen molar-refractivity contribution in [1.82, 2.24) is 15.8 Å². The van der Waals surface area contributed by atoms with E-state index in [0.717, 1.165) is 17.5 Å². The van der Waals surface area contributed by atoms with Crippen LogP contribution in [0.3, 0.4) is 0 Å². The molecule has 1 aliphatic carbocycles. The number of hydroxylamine groups is 1. The summed E-state index contributed by atoms with van der Waals surface area (Å²) in [4.78, 5) is 4.42. The second-order valence-corrected chi connectivity index (χ2v) is 6.46. The van der Waals surface area contributed by atoms with Crippen LogP contribution >= 0.6 is 0 Å². The number of amidine groups is 1. The first-order chi connectivity index (χ1) is 12.4. The summed E-state index contributed by atoms with van der Waals surface area (Å²) in [6.45, 7) is 0.960. The maximum atomic E-state index is 13.5. The lowest BCUT2D eigenvalue weighted by molar-refractivity contribution is 0.0131. The maximum Gasteiger partial charge on any atom is 0.202 e. The first-order valence-electron chi connectivity index (χ1n) is 8.10. The van der Waals surface area contributed by atoms with Crippen molar-refractivity contribution in [3.63, 3.8) is 0 Å².